The van der Waals surface area contributed by atoms with Gasteiger partial charge in [-0.05, 0) is 31.5 Å². The Balaban J connectivity index is 1.85. The molecule has 3 amide bonds. The topological polar surface area (TPSA) is 119 Å². The lowest BCUT2D eigenvalue weighted by Gasteiger charge is -2.13. The fourth-order valence-electron chi connectivity index (χ4n) is 3.03. The third kappa shape index (κ3) is 3.69. The van der Waals surface area contributed by atoms with Crippen LogP contribution in [0.5, 0.6) is 0 Å². The summed E-state index contributed by atoms with van der Waals surface area (Å²) in [5.74, 6) is -3.22. The number of carbonyl (C=O) groups excluding carboxylic acids is 5. The molecule has 2 aromatic rings. The second-order valence-corrected chi connectivity index (χ2v) is 7.28. The van der Waals surface area contributed by atoms with Gasteiger partial charge in [0.2, 0.25) is 5.91 Å². The van der Waals surface area contributed by atoms with Crippen molar-refractivity contribution >= 4 is 46.0 Å². The van der Waals surface area contributed by atoms with Gasteiger partial charge in [-0.25, -0.2) is 9.59 Å². The second kappa shape index (κ2) is 8.46. The maximum atomic E-state index is 12.6. The summed E-state index contributed by atoms with van der Waals surface area (Å²) in [5, 5.41) is 2.59. The van der Waals surface area contributed by atoms with Crippen molar-refractivity contribution in [3.05, 3.63) is 51.4 Å². The fourth-order valence-corrected chi connectivity index (χ4v) is 4.16. The Bertz CT molecular complexity index is 1040. The number of rotatable bonds is 6. The standard InChI is InChI=1S/C20H18N2O7S/c1-4-29-19(26)14-10(2)15(20(27)28-3)30-16(14)21-13(23)9-22-17(24)11-7-5-6-8-12(11)18(22)25/h5-8H,4,9H2,1-3H3,(H,21,23). The Morgan fingerprint density at radius 1 is 1.07 bits per heavy atom. The number of hydrogen-bond donors (Lipinski definition) is 1. The number of methoxy groups -OCH3 is 1. The van der Waals surface area contributed by atoms with Gasteiger partial charge < -0.3 is 14.8 Å². The number of benzene rings is 1. The van der Waals surface area contributed by atoms with Crippen molar-refractivity contribution in [3.63, 3.8) is 0 Å². The van der Waals surface area contributed by atoms with E-state index in [9.17, 15) is 24.0 Å². The lowest BCUT2D eigenvalue weighted by atomic mass is 10.1. The van der Waals surface area contributed by atoms with Crippen molar-refractivity contribution < 1.29 is 33.4 Å². The van der Waals surface area contributed by atoms with E-state index in [4.69, 9.17) is 9.47 Å². The predicted octanol–water partition coefficient (Wildman–Crippen LogP) is 2.25. The van der Waals surface area contributed by atoms with Crippen LogP contribution in [0.4, 0.5) is 5.00 Å². The van der Waals surface area contributed by atoms with Gasteiger partial charge in [0.25, 0.3) is 11.8 Å². The summed E-state index contributed by atoms with van der Waals surface area (Å²) in [4.78, 5) is 62.7. The number of fused-ring (bicyclic) bond motifs is 1. The molecule has 0 unspecified atom stereocenters. The number of hydrogen-bond acceptors (Lipinski definition) is 8. The van der Waals surface area contributed by atoms with E-state index in [-0.39, 0.29) is 33.2 Å². The molecule has 0 saturated heterocycles. The third-order valence-corrected chi connectivity index (χ3v) is 5.62. The Hall–Kier alpha value is -3.53. The van der Waals surface area contributed by atoms with E-state index in [2.05, 4.69) is 5.32 Å². The molecule has 1 aromatic carbocycles. The van der Waals surface area contributed by atoms with Crippen molar-refractivity contribution in [1.82, 2.24) is 4.90 Å². The van der Waals surface area contributed by atoms with Crippen molar-refractivity contribution in [2.24, 2.45) is 0 Å². The number of thiophene rings is 1. The quantitative estimate of drug-likeness (QED) is 0.551. The zero-order valence-electron chi connectivity index (χ0n) is 16.4. The van der Waals surface area contributed by atoms with Gasteiger partial charge in [0.1, 0.15) is 16.4 Å². The van der Waals surface area contributed by atoms with Crippen LogP contribution in [0.15, 0.2) is 24.3 Å². The number of anilines is 1. The summed E-state index contributed by atoms with van der Waals surface area (Å²) < 4.78 is 9.72. The van der Waals surface area contributed by atoms with Crippen LogP contribution in [-0.2, 0) is 14.3 Å². The van der Waals surface area contributed by atoms with E-state index >= 15 is 0 Å². The molecule has 156 valence electrons. The van der Waals surface area contributed by atoms with Crippen LogP contribution in [0.1, 0.15) is 53.2 Å². The number of esters is 2. The molecule has 0 bridgehead atoms. The summed E-state index contributed by atoms with van der Waals surface area (Å²) in [7, 11) is 1.20. The van der Waals surface area contributed by atoms with E-state index in [0.717, 1.165) is 16.2 Å². The molecule has 3 rings (SSSR count). The molecule has 0 fully saturated rings. The average Bonchev–Trinajstić information content (AvgIpc) is 3.17. The maximum absolute atomic E-state index is 12.6. The van der Waals surface area contributed by atoms with Crippen molar-refractivity contribution in [2.45, 2.75) is 13.8 Å². The largest absolute Gasteiger partial charge is 0.465 e. The zero-order valence-corrected chi connectivity index (χ0v) is 17.3. The predicted molar refractivity (Wildman–Crippen MR) is 107 cm³/mol. The molecular formula is C20H18N2O7S. The van der Waals surface area contributed by atoms with Gasteiger partial charge in [-0.2, -0.15) is 0 Å². The minimum absolute atomic E-state index is 0.0259. The molecule has 30 heavy (non-hydrogen) atoms. The van der Waals surface area contributed by atoms with Crippen LogP contribution in [0.3, 0.4) is 0 Å². The molecular weight excluding hydrogens is 412 g/mol. The monoisotopic (exact) mass is 430 g/mol. The number of imide groups is 1. The van der Waals surface area contributed by atoms with Gasteiger partial charge in [-0.1, -0.05) is 12.1 Å². The third-order valence-electron chi connectivity index (χ3n) is 4.43. The molecule has 2 heterocycles. The minimum atomic E-state index is -0.711. The Labute approximate surface area is 175 Å². The highest BCUT2D eigenvalue weighted by Gasteiger charge is 2.36. The van der Waals surface area contributed by atoms with Gasteiger partial charge in [0.15, 0.2) is 0 Å². The Morgan fingerprint density at radius 3 is 2.20 bits per heavy atom. The van der Waals surface area contributed by atoms with Crippen LogP contribution in [0.25, 0.3) is 0 Å². The maximum Gasteiger partial charge on any atom is 0.348 e. The molecule has 10 heteroatoms. The van der Waals surface area contributed by atoms with E-state index in [1.165, 1.54) is 26.2 Å². The van der Waals surface area contributed by atoms with Crippen LogP contribution < -0.4 is 5.32 Å². The number of amides is 3. The lowest BCUT2D eigenvalue weighted by Crippen LogP contribution is -2.37. The summed E-state index contributed by atoms with van der Waals surface area (Å²) in [6.45, 7) is 2.72. The number of ether oxygens (including phenoxy) is 2. The molecule has 1 aliphatic rings. The fraction of sp³-hybridized carbons (Fsp3) is 0.250. The number of carbonyl (C=O) groups is 5. The Morgan fingerprint density at radius 2 is 1.67 bits per heavy atom. The zero-order chi connectivity index (χ0) is 22.0. The molecule has 0 radical (unpaired) electrons. The average molecular weight is 430 g/mol. The highest BCUT2D eigenvalue weighted by molar-refractivity contribution is 7.18. The number of nitrogens with zero attached hydrogens (tertiary/aromatic N) is 1. The molecule has 1 aliphatic heterocycles. The van der Waals surface area contributed by atoms with Gasteiger partial charge in [-0.15, -0.1) is 11.3 Å². The lowest BCUT2D eigenvalue weighted by molar-refractivity contribution is -0.116. The van der Waals surface area contributed by atoms with Crippen LogP contribution in [-0.4, -0.2) is 54.8 Å². The smallest absolute Gasteiger partial charge is 0.348 e. The van der Waals surface area contributed by atoms with Gasteiger partial charge in [-0.3, -0.25) is 19.3 Å². The van der Waals surface area contributed by atoms with Gasteiger partial charge in [0.05, 0.1) is 30.4 Å². The van der Waals surface area contributed by atoms with E-state index in [1.54, 1.807) is 19.1 Å². The normalized spacial score (nSPS) is 12.6. The van der Waals surface area contributed by atoms with Crippen LogP contribution in [0.2, 0.25) is 0 Å². The highest BCUT2D eigenvalue weighted by Crippen LogP contribution is 2.34. The van der Waals surface area contributed by atoms with Crippen molar-refractivity contribution in [2.75, 3.05) is 25.6 Å². The molecule has 0 atom stereocenters. The minimum Gasteiger partial charge on any atom is -0.465 e. The summed E-state index contributed by atoms with van der Waals surface area (Å²) in [5.41, 5.74) is 0.782. The van der Waals surface area contributed by atoms with E-state index in [1.807, 2.05) is 0 Å². The van der Waals surface area contributed by atoms with Crippen LogP contribution in [0, 0.1) is 6.92 Å². The van der Waals surface area contributed by atoms with Gasteiger partial charge in [0, 0.05) is 0 Å². The molecule has 9 nitrogen and oxygen atoms in total. The first kappa shape index (κ1) is 21.2. The Kier molecular flexibility index (Phi) is 5.97. The van der Waals surface area contributed by atoms with Crippen molar-refractivity contribution in [3.8, 4) is 0 Å². The molecule has 0 spiro atoms. The van der Waals surface area contributed by atoms with Crippen LogP contribution >= 0.6 is 11.3 Å². The first-order chi connectivity index (χ1) is 14.3. The summed E-state index contributed by atoms with van der Waals surface area (Å²) in [6, 6.07) is 6.28. The molecule has 0 aliphatic carbocycles. The number of nitrogens with one attached hydrogen (secondary N) is 1. The highest BCUT2D eigenvalue weighted by atomic mass is 32.1. The van der Waals surface area contributed by atoms with Gasteiger partial charge >= 0.3 is 11.9 Å². The van der Waals surface area contributed by atoms with Crippen molar-refractivity contribution in [1.29, 1.82) is 0 Å². The first-order valence-electron chi connectivity index (χ1n) is 8.94. The summed E-state index contributed by atoms with van der Waals surface area (Å²) in [6.07, 6.45) is 0. The van der Waals surface area contributed by atoms with E-state index in [0.29, 0.717) is 5.56 Å². The molecule has 0 saturated carbocycles. The summed E-state index contributed by atoms with van der Waals surface area (Å²) >= 11 is 0.852. The molecule has 1 aromatic heterocycles. The van der Waals surface area contributed by atoms with E-state index < -0.39 is 36.2 Å². The first-order valence-corrected chi connectivity index (χ1v) is 9.75. The molecule has 1 N–H and O–H groups in total. The SMILES string of the molecule is CCOC(=O)c1c(NC(=O)CN2C(=O)c3ccccc3C2=O)sc(C(=O)OC)c1C. The second-order valence-electron chi connectivity index (χ2n) is 6.26.